The number of aromatic nitrogens is 2. The molecular formula is C26H29N5O4. The molecule has 2 aliphatic heterocycles. The minimum atomic E-state index is -0.363. The first kappa shape index (κ1) is 23.0. The van der Waals surface area contributed by atoms with Crippen molar-refractivity contribution in [1.82, 2.24) is 19.8 Å². The van der Waals surface area contributed by atoms with E-state index >= 15 is 0 Å². The summed E-state index contributed by atoms with van der Waals surface area (Å²) in [5.41, 5.74) is 2.29. The van der Waals surface area contributed by atoms with Crippen molar-refractivity contribution in [3.05, 3.63) is 64.2 Å². The van der Waals surface area contributed by atoms with Gasteiger partial charge in [0.1, 0.15) is 11.6 Å². The number of aromatic amines is 1. The molecule has 2 fully saturated rings. The Labute approximate surface area is 203 Å². The molecule has 35 heavy (non-hydrogen) atoms. The number of amides is 2. The van der Waals surface area contributed by atoms with Crippen LogP contribution in [0, 0.1) is 12.8 Å². The van der Waals surface area contributed by atoms with Crippen molar-refractivity contribution in [3.63, 3.8) is 0 Å². The second-order valence-corrected chi connectivity index (χ2v) is 9.21. The van der Waals surface area contributed by atoms with Crippen molar-refractivity contribution < 1.29 is 14.3 Å². The lowest BCUT2D eigenvalue weighted by Crippen LogP contribution is -2.50. The Morgan fingerprint density at radius 1 is 1.11 bits per heavy atom. The van der Waals surface area contributed by atoms with Gasteiger partial charge in [0.15, 0.2) is 0 Å². The zero-order valence-electron chi connectivity index (χ0n) is 20.0. The average molecular weight is 476 g/mol. The Kier molecular flexibility index (Phi) is 6.25. The molecule has 0 spiro atoms. The molecule has 2 amide bonds. The summed E-state index contributed by atoms with van der Waals surface area (Å²) < 4.78 is 5.44. The second-order valence-electron chi connectivity index (χ2n) is 9.21. The number of anilines is 1. The first-order valence-corrected chi connectivity index (χ1v) is 11.9. The molecule has 0 bridgehead atoms. The fourth-order valence-corrected chi connectivity index (χ4v) is 4.92. The molecule has 1 atom stereocenters. The van der Waals surface area contributed by atoms with Crippen LogP contribution < -0.4 is 15.2 Å². The number of aryl methyl sites for hydroxylation is 1. The number of nitrogens with zero attached hydrogens (tertiary/aromatic N) is 4. The minimum absolute atomic E-state index is 0.0179. The summed E-state index contributed by atoms with van der Waals surface area (Å²) in [4.78, 5) is 51.5. The van der Waals surface area contributed by atoms with Crippen LogP contribution in [0.3, 0.4) is 0 Å². The van der Waals surface area contributed by atoms with E-state index in [1.165, 1.54) is 0 Å². The van der Waals surface area contributed by atoms with Crippen LogP contribution in [0.25, 0.3) is 10.9 Å². The first-order chi connectivity index (χ1) is 16.9. The van der Waals surface area contributed by atoms with Crippen molar-refractivity contribution in [1.29, 1.82) is 0 Å². The quantitative estimate of drug-likeness (QED) is 0.606. The van der Waals surface area contributed by atoms with E-state index in [-0.39, 0.29) is 29.7 Å². The number of rotatable bonds is 5. The number of carbonyl (C=O) groups excluding carboxylic acids is 2. The third-order valence-corrected chi connectivity index (χ3v) is 6.82. The number of H-pyrrole nitrogens is 1. The van der Waals surface area contributed by atoms with Gasteiger partial charge in [0, 0.05) is 39.1 Å². The molecule has 3 aromatic rings. The molecule has 9 heteroatoms. The van der Waals surface area contributed by atoms with E-state index in [1.54, 1.807) is 18.1 Å². The van der Waals surface area contributed by atoms with E-state index in [4.69, 9.17) is 4.74 Å². The van der Waals surface area contributed by atoms with Crippen LogP contribution in [0.5, 0.6) is 5.75 Å². The number of benzene rings is 2. The second kappa shape index (κ2) is 9.50. The zero-order valence-corrected chi connectivity index (χ0v) is 20.0. The molecule has 0 aliphatic carbocycles. The van der Waals surface area contributed by atoms with Crippen molar-refractivity contribution in [2.24, 2.45) is 5.92 Å². The molecule has 0 unspecified atom stereocenters. The Balaban J connectivity index is 1.20. The lowest BCUT2D eigenvalue weighted by Gasteiger charge is -2.35. The average Bonchev–Trinajstić information content (AvgIpc) is 3.25. The summed E-state index contributed by atoms with van der Waals surface area (Å²) in [6, 6.07) is 13.0. The molecule has 2 aromatic carbocycles. The van der Waals surface area contributed by atoms with Gasteiger partial charge < -0.3 is 19.5 Å². The smallest absolute Gasteiger partial charge is 0.258 e. The van der Waals surface area contributed by atoms with E-state index in [2.05, 4.69) is 14.9 Å². The van der Waals surface area contributed by atoms with E-state index < -0.39 is 0 Å². The van der Waals surface area contributed by atoms with Crippen LogP contribution in [0.1, 0.15) is 17.8 Å². The molecule has 2 saturated heterocycles. The van der Waals surface area contributed by atoms with Gasteiger partial charge in [0.05, 0.1) is 36.2 Å². The van der Waals surface area contributed by atoms with Gasteiger partial charge in [0.2, 0.25) is 11.8 Å². The van der Waals surface area contributed by atoms with Crippen molar-refractivity contribution in [2.45, 2.75) is 19.9 Å². The van der Waals surface area contributed by atoms with Crippen LogP contribution in [0.4, 0.5) is 5.69 Å². The number of hydrogen-bond acceptors (Lipinski definition) is 6. The SMILES string of the molecule is COc1ccc(C)cc1N1C[C@H](C(=O)N2CCN(Cc3nc4ccccc4c(=O)[nH]3)CC2)CC1=O. The lowest BCUT2D eigenvalue weighted by atomic mass is 10.1. The highest BCUT2D eigenvalue weighted by Crippen LogP contribution is 2.34. The van der Waals surface area contributed by atoms with Crippen molar-refractivity contribution in [3.8, 4) is 5.75 Å². The Morgan fingerprint density at radius 3 is 2.66 bits per heavy atom. The number of carbonyl (C=O) groups is 2. The van der Waals surface area contributed by atoms with E-state index in [1.807, 2.05) is 48.2 Å². The molecule has 5 rings (SSSR count). The van der Waals surface area contributed by atoms with Gasteiger partial charge in [-0.2, -0.15) is 0 Å². The maximum Gasteiger partial charge on any atom is 0.258 e. The Hall–Kier alpha value is -3.72. The molecule has 182 valence electrons. The number of para-hydroxylation sites is 1. The topological polar surface area (TPSA) is 98.8 Å². The maximum atomic E-state index is 13.2. The number of piperazine rings is 1. The largest absolute Gasteiger partial charge is 0.495 e. The highest BCUT2D eigenvalue weighted by Gasteiger charge is 2.38. The number of ether oxygens (including phenoxy) is 1. The normalized spacial score (nSPS) is 18.9. The highest BCUT2D eigenvalue weighted by atomic mass is 16.5. The summed E-state index contributed by atoms with van der Waals surface area (Å²) >= 11 is 0. The summed E-state index contributed by atoms with van der Waals surface area (Å²) in [6.45, 7) is 5.36. The van der Waals surface area contributed by atoms with Crippen LogP contribution in [-0.4, -0.2) is 71.4 Å². The number of nitrogens with one attached hydrogen (secondary N) is 1. The third-order valence-electron chi connectivity index (χ3n) is 6.82. The molecule has 1 aromatic heterocycles. The Morgan fingerprint density at radius 2 is 1.89 bits per heavy atom. The van der Waals surface area contributed by atoms with Crippen LogP contribution in [0.2, 0.25) is 0 Å². The predicted octanol–water partition coefficient (Wildman–Crippen LogP) is 1.94. The van der Waals surface area contributed by atoms with E-state index in [0.717, 1.165) is 11.3 Å². The number of methoxy groups -OCH3 is 1. The monoisotopic (exact) mass is 475 g/mol. The lowest BCUT2D eigenvalue weighted by molar-refractivity contribution is -0.137. The van der Waals surface area contributed by atoms with Crippen molar-refractivity contribution in [2.75, 3.05) is 44.7 Å². The predicted molar refractivity (Wildman–Crippen MR) is 132 cm³/mol. The van der Waals surface area contributed by atoms with Gasteiger partial charge in [0.25, 0.3) is 5.56 Å². The highest BCUT2D eigenvalue weighted by molar-refractivity contribution is 6.01. The molecule has 0 saturated carbocycles. The summed E-state index contributed by atoms with van der Waals surface area (Å²) in [7, 11) is 1.58. The number of fused-ring (bicyclic) bond motifs is 1. The Bertz CT molecular complexity index is 1330. The van der Waals surface area contributed by atoms with Crippen LogP contribution >= 0.6 is 0 Å². The molecule has 1 N–H and O–H groups in total. The van der Waals surface area contributed by atoms with Gasteiger partial charge in [-0.05, 0) is 36.8 Å². The van der Waals surface area contributed by atoms with Gasteiger partial charge >= 0.3 is 0 Å². The fraction of sp³-hybridized carbons (Fsp3) is 0.385. The van der Waals surface area contributed by atoms with E-state index in [9.17, 15) is 14.4 Å². The van der Waals surface area contributed by atoms with Crippen molar-refractivity contribution >= 4 is 28.4 Å². The number of hydrogen-bond donors (Lipinski definition) is 1. The maximum absolute atomic E-state index is 13.2. The van der Waals surface area contributed by atoms with Crippen LogP contribution in [-0.2, 0) is 16.1 Å². The third kappa shape index (κ3) is 4.64. The molecule has 0 radical (unpaired) electrons. The van der Waals surface area contributed by atoms with Gasteiger partial charge in [-0.1, -0.05) is 18.2 Å². The van der Waals surface area contributed by atoms with Gasteiger partial charge in [-0.25, -0.2) is 4.98 Å². The molecule has 3 heterocycles. The molecule has 9 nitrogen and oxygen atoms in total. The van der Waals surface area contributed by atoms with Gasteiger partial charge in [-0.15, -0.1) is 0 Å². The van der Waals surface area contributed by atoms with E-state index in [0.29, 0.717) is 61.7 Å². The summed E-state index contributed by atoms with van der Waals surface area (Å²) in [5, 5.41) is 0.579. The first-order valence-electron chi connectivity index (χ1n) is 11.9. The minimum Gasteiger partial charge on any atom is -0.495 e. The zero-order chi connectivity index (χ0) is 24.5. The molecule has 2 aliphatic rings. The van der Waals surface area contributed by atoms with Gasteiger partial charge in [-0.3, -0.25) is 19.3 Å². The summed E-state index contributed by atoms with van der Waals surface area (Å²) in [6.07, 6.45) is 0.207. The summed E-state index contributed by atoms with van der Waals surface area (Å²) in [5.74, 6) is 0.850. The molecular weight excluding hydrogens is 446 g/mol. The standard InChI is InChI=1S/C26H29N5O4/c1-17-7-8-22(35-2)21(13-17)31-15-18(14-24(31)32)26(34)30-11-9-29(10-12-30)16-23-27-20-6-4-3-5-19(20)25(33)28-23/h3-8,13,18H,9-12,14-16H2,1-2H3,(H,27,28,33)/t18-/m1/s1. The fourth-order valence-electron chi connectivity index (χ4n) is 4.92. The van der Waals surface area contributed by atoms with Crippen LogP contribution in [0.15, 0.2) is 47.3 Å².